The summed E-state index contributed by atoms with van der Waals surface area (Å²) >= 11 is 0. The number of benzene rings is 1. The Hall–Kier alpha value is -1.42. The van der Waals surface area contributed by atoms with E-state index in [9.17, 15) is 10.1 Å². The monoisotopic (exact) mass is 206 g/mol. The first-order valence-corrected chi connectivity index (χ1v) is 4.99. The van der Waals surface area contributed by atoms with E-state index >= 15 is 0 Å². The maximum absolute atomic E-state index is 10.6. The summed E-state index contributed by atoms with van der Waals surface area (Å²) in [5, 5.41) is 14.0. The number of rotatable bonds is 1. The molecule has 0 radical (unpaired) electrons. The average molecular weight is 206 g/mol. The van der Waals surface area contributed by atoms with Crippen LogP contribution in [-0.2, 0) is 13.0 Å². The molecule has 0 bridgehead atoms. The van der Waals surface area contributed by atoms with Crippen molar-refractivity contribution in [2.45, 2.75) is 32.4 Å². The van der Waals surface area contributed by atoms with Crippen LogP contribution >= 0.6 is 0 Å². The predicted molar refractivity (Wildman–Crippen MR) is 57.7 cm³/mol. The molecule has 1 aliphatic rings. The van der Waals surface area contributed by atoms with Crippen LogP contribution in [0.4, 0.5) is 5.69 Å². The van der Waals surface area contributed by atoms with Crippen LogP contribution in [0.5, 0.6) is 0 Å². The van der Waals surface area contributed by atoms with Gasteiger partial charge in [0.05, 0.1) is 4.92 Å². The Bertz CT molecular complexity index is 413. The number of nitrogens with zero attached hydrogens (tertiary/aromatic N) is 1. The minimum Gasteiger partial charge on any atom is -0.307 e. The minimum atomic E-state index is -0.347. The van der Waals surface area contributed by atoms with Gasteiger partial charge in [-0.3, -0.25) is 10.1 Å². The molecule has 1 N–H and O–H groups in total. The van der Waals surface area contributed by atoms with Crippen LogP contribution in [0.2, 0.25) is 0 Å². The van der Waals surface area contributed by atoms with Crippen LogP contribution in [0.25, 0.3) is 0 Å². The third-order valence-electron chi connectivity index (χ3n) is 2.79. The van der Waals surface area contributed by atoms with Gasteiger partial charge in [0, 0.05) is 24.2 Å². The molecule has 1 heterocycles. The Balaban J connectivity index is 2.36. The molecule has 0 aromatic heterocycles. The van der Waals surface area contributed by atoms with Gasteiger partial charge in [-0.15, -0.1) is 0 Å². The van der Waals surface area contributed by atoms with Crippen LogP contribution < -0.4 is 5.32 Å². The highest BCUT2D eigenvalue weighted by Crippen LogP contribution is 2.25. The molecule has 0 atom stereocenters. The molecule has 0 unspecified atom stereocenters. The van der Waals surface area contributed by atoms with E-state index in [4.69, 9.17) is 0 Å². The zero-order valence-corrected chi connectivity index (χ0v) is 8.91. The Morgan fingerprint density at radius 2 is 2.13 bits per heavy atom. The zero-order chi connectivity index (χ0) is 11.1. The van der Waals surface area contributed by atoms with Gasteiger partial charge in [-0.25, -0.2) is 0 Å². The maximum atomic E-state index is 10.6. The summed E-state index contributed by atoms with van der Waals surface area (Å²) in [5.41, 5.74) is 2.52. The summed E-state index contributed by atoms with van der Waals surface area (Å²) in [5.74, 6) is 0. The molecule has 0 spiro atoms. The molecule has 0 saturated carbocycles. The SMILES string of the molecule is CC1(C)Cc2ccc([N+](=O)[O-])cc2CN1. The Morgan fingerprint density at radius 3 is 2.80 bits per heavy atom. The van der Waals surface area contributed by atoms with E-state index in [0.717, 1.165) is 12.0 Å². The van der Waals surface area contributed by atoms with E-state index < -0.39 is 0 Å². The van der Waals surface area contributed by atoms with Gasteiger partial charge in [-0.1, -0.05) is 6.07 Å². The largest absolute Gasteiger partial charge is 0.307 e. The van der Waals surface area contributed by atoms with Crippen LogP contribution in [0.15, 0.2) is 18.2 Å². The van der Waals surface area contributed by atoms with E-state index in [0.29, 0.717) is 6.54 Å². The number of nitro benzene ring substituents is 1. The number of hydrogen-bond acceptors (Lipinski definition) is 3. The summed E-state index contributed by atoms with van der Waals surface area (Å²) in [7, 11) is 0. The van der Waals surface area contributed by atoms with E-state index in [2.05, 4.69) is 19.2 Å². The van der Waals surface area contributed by atoms with Crippen molar-refractivity contribution in [2.24, 2.45) is 0 Å². The molecule has 0 fully saturated rings. The lowest BCUT2D eigenvalue weighted by atomic mass is 9.87. The lowest BCUT2D eigenvalue weighted by molar-refractivity contribution is -0.384. The van der Waals surface area contributed by atoms with E-state index in [1.807, 2.05) is 6.07 Å². The smallest absolute Gasteiger partial charge is 0.269 e. The van der Waals surface area contributed by atoms with Crippen LogP contribution in [0.3, 0.4) is 0 Å². The molecule has 0 saturated heterocycles. The Morgan fingerprint density at radius 1 is 1.40 bits per heavy atom. The average Bonchev–Trinajstić information content (AvgIpc) is 2.15. The van der Waals surface area contributed by atoms with Crippen molar-refractivity contribution in [3.63, 3.8) is 0 Å². The molecule has 4 nitrogen and oxygen atoms in total. The quantitative estimate of drug-likeness (QED) is 0.565. The molecule has 1 aromatic carbocycles. The third kappa shape index (κ3) is 1.99. The summed E-state index contributed by atoms with van der Waals surface area (Å²) in [6, 6.07) is 5.12. The molecule has 80 valence electrons. The standard InChI is InChI=1S/C11H14N2O2/c1-11(2)6-8-3-4-10(13(14)15)5-9(8)7-12-11/h3-5,12H,6-7H2,1-2H3. The number of fused-ring (bicyclic) bond motifs is 1. The zero-order valence-electron chi connectivity index (χ0n) is 8.91. The van der Waals surface area contributed by atoms with Gasteiger partial charge in [0.2, 0.25) is 0 Å². The topological polar surface area (TPSA) is 55.2 Å². The molecule has 2 rings (SSSR count). The normalized spacial score (nSPS) is 18.3. The van der Waals surface area contributed by atoms with Crippen LogP contribution in [-0.4, -0.2) is 10.5 Å². The van der Waals surface area contributed by atoms with Gasteiger partial charge in [0.15, 0.2) is 0 Å². The highest BCUT2D eigenvalue weighted by atomic mass is 16.6. The molecule has 1 aliphatic heterocycles. The summed E-state index contributed by atoms with van der Waals surface area (Å²) in [6.45, 7) is 4.98. The first-order valence-electron chi connectivity index (χ1n) is 4.99. The van der Waals surface area contributed by atoms with Crippen molar-refractivity contribution in [3.05, 3.63) is 39.4 Å². The summed E-state index contributed by atoms with van der Waals surface area (Å²) < 4.78 is 0. The summed E-state index contributed by atoms with van der Waals surface area (Å²) in [4.78, 5) is 10.3. The van der Waals surface area contributed by atoms with Crippen molar-refractivity contribution in [1.82, 2.24) is 5.32 Å². The molecule has 0 amide bonds. The first-order chi connectivity index (χ1) is 6.98. The highest BCUT2D eigenvalue weighted by Gasteiger charge is 2.25. The summed E-state index contributed by atoms with van der Waals surface area (Å²) in [6.07, 6.45) is 0.917. The Kier molecular flexibility index (Phi) is 2.23. The van der Waals surface area contributed by atoms with Crippen LogP contribution in [0, 0.1) is 10.1 Å². The number of nitro groups is 1. The van der Waals surface area contributed by atoms with Crippen LogP contribution in [0.1, 0.15) is 25.0 Å². The fourth-order valence-corrected chi connectivity index (χ4v) is 1.94. The molecule has 0 aliphatic carbocycles. The highest BCUT2D eigenvalue weighted by molar-refractivity contribution is 5.41. The van der Waals surface area contributed by atoms with Gasteiger partial charge in [0.25, 0.3) is 5.69 Å². The van der Waals surface area contributed by atoms with E-state index in [1.165, 1.54) is 5.56 Å². The minimum absolute atomic E-state index is 0.0864. The van der Waals surface area contributed by atoms with Crippen molar-refractivity contribution < 1.29 is 4.92 Å². The lowest BCUT2D eigenvalue weighted by Gasteiger charge is -2.32. The molecule has 15 heavy (non-hydrogen) atoms. The fourth-order valence-electron chi connectivity index (χ4n) is 1.94. The van der Waals surface area contributed by atoms with E-state index in [1.54, 1.807) is 12.1 Å². The van der Waals surface area contributed by atoms with Gasteiger partial charge in [-0.05, 0) is 31.4 Å². The first kappa shape index (κ1) is 10.1. The van der Waals surface area contributed by atoms with Gasteiger partial charge in [0.1, 0.15) is 0 Å². The van der Waals surface area contributed by atoms with E-state index in [-0.39, 0.29) is 16.1 Å². The number of nitrogens with one attached hydrogen (secondary N) is 1. The van der Waals surface area contributed by atoms with Gasteiger partial charge < -0.3 is 5.32 Å². The second-order valence-electron chi connectivity index (χ2n) is 4.62. The maximum Gasteiger partial charge on any atom is 0.269 e. The van der Waals surface area contributed by atoms with Gasteiger partial charge >= 0.3 is 0 Å². The lowest BCUT2D eigenvalue weighted by Crippen LogP contribution is -2.44. The Labute approximate surface area is 88.5 Å². The number of non-ortho nitro benzene ring substituents is 1. The number of hydrogen-bond donors (Lipinski definition) is 1. The van der Waals surface area contributed by atoms with Gasteiger partial charge in [-0.2, -0.15) is 0 Å². The molecular weight excluding hydrogens is 192 g/mol. The van der Waals surface area contributed by atoms with Crippen molar-refractivity contribution in [1.29, 1.82) is 0 Å². The molecule has 4 heteroatoms. The second-order valence-corrected chi connectivity index (χ2v) is 4.62. The second kappa shape index (κ2) is 3.31. The predicted octanol–water partition coefficient (Wildman–Crippen LogP) is 2.02. The fraction of sp³-hybridized carbons (Fsp3) is 0.455. The third-order valence-corrected chi connectivity index (χ3v) is 2.79. The molecule has 1 aromatic rings. The van der Waals surface area contributed by atoms with Crippen molar-refractivity contribution in [2.75, 3.05) is 0 Å². The van der Waals surface area contributed by atoms with Crippen molar-refractivity contribution in [3.8, 4) is 0 Å². The van der Waals surface area contributed by atoms with Crippen molar-refractivity contribution >= 4 is 5.69 Å². The molecular formula is C11H14N2O2.